The molecule has 0 bridgehead atoms. The van der Waals surface area contributed by atoms with Gasteiger partial charge in [-0.15, -0.1) is 0 Å². The Bertz CT molecular complexity index is 753. The van der Waals surface area contributed by atoms with E-state index in [9.17, 15) is 4.39 Å². The van der Waals surface area contributed by atoms with Gasteiger partial charge in [-0.1, -0.05) is 48.5 Å². The Kier molecular flexibility index (Phi) is 4.14. The van der Waals surface area contributed by atoms with Crippen LogP contribution >= 0.6 is 0 Å². The molecule has 1 heterocycles. The number of hydrogen-bond donors (Lipinski definition) is 1. The minimum Gasteiger partial charge on any atom is -0.334 e. The van der Waals surface area contributed by atoms with Gasteiger partial charge >= 0.3 is 6.01 Å². The molecule has 1 N–H and O–H groups in total. The van der Waals surface area contributed by atoms with Crippen molar-refractivity contribution in [1.82, 2.24) is 10.1 Å². The van der Waals surface area contributed by atoms with E-state index in [2.05, 4.69) is 46.6 Å². The van der Waals surface area contributed by atoms with Crippen molar-refractivity contribution in [3.05, 3.63) is 65.5 Å². The van der Waals surface area contributed by atoms with Gasteiger partial charge in [0.05, 0.1) is 5.56 Å². The third-order valence-electron chi connectivity index (χ3n) is 3.42. The summed E-state index contributed by atoms with van der Waals surface area (Å²) in [6.07, 6.45) is 1.02. The van der Waals surface area contributed by atoms with E-state index < -0.39 is 0 Å². The number of nitrogens with zero attached hydrogens (tertiary/aromatic N) is 2. The van der Waals surface area contributed by atoms with E-state index in [1.807, 2.05) is 0 Å². The van der Waals surface area contributed by atoms with Crippen LogP contribution in [0.1, 0.15) is 18.1 Å². The lowest BCUT2D eigenvalue weighted by atomic mass is 10.1. The van der Waals surface area contributed by atoms with Crippen molar-refractivity contribution >= 4 is 6.01 Å². The van der Waals surface area contributed by atoms with Crippen LogP contribution in [0.25, 0.3) is 11.4 Å². The standard InChI is InChI=1S/C17H16FN3O/c1-2-12-7-9-13(10-8-12)11-19-17-20-16(21-22-17)14-5-3-4-6-15(14)18/h3-10H,2,11H2,1H3,(H,19,20,21). The minimum atomic E-state index is -0.370. The van der Waals surface area contributed by atoms with Crippen molar-refractivity contribution in [3.63, 3.8) is 0 Å². The Morgan fingerprint density at radius 3 is 2.50 bits per heavy atom. The maximum atomic E-state index is 13.7. The molecule has 22 heavy (non-hydrogen) atoms. The first-order valence-corrected chi connectivity index (χ1v) is 7.16. The molecule has 2 aromatic carbocycles. The van der Waals surface area contributed by atoms with Crippen LogP contribution in [0.4, 0.5) is 10.4 Å². The van der Waals surface area contributed by atoms with Gasteiger partial charge in [-0.25, -0.2) is 4.39 Å². The van der Waals surface area contributed by atoms with Crippen molar-refractivity contribution in [3.8, 4) is 11.4 Å². The van der Waals surface area contributed by atoms with E-state index in [0.717, 1.165) is 12.0 Å². The topological polar surface area (TPSA) is 51.0 Å². The maximum Gasteiger partial charge on any atom is 0.322 e. The van der Waals surface area contributed by atoms with Gasteiger partial charge < -0.3 is 9.84 Å². The first kappa shape index (κ1) is 14.3. The second-order valence-electron chi connectivity index (χ2n) is 4.93. The summed E-state index contributed by atoms with van der Waals surface area (Å²) < 4.78 is 18.8. The SMILES string of the molecule is CCc1ccc(CNc2nc(-c3ccccc3F)no2)cc1. The fourth-order valence-electron chi connectivity index (χ4n) is 2.12. The summed E-state index contributed by atoms with van der Waals surface area (Å²) in [6.45, 7) is 2.69. The summed E-state index contributed by atoms with van der Waals surface area (Å²) in [5.41, 5.74) is 2.73. The van der Waals surface area contributed by atoms with Crippen LogP contribution in [-0.2, 0) is 13.0 Å². The van der Waals surface area contributed by atoms with Gasteiger partial charge in [-0.05, 0) is 29.7 Å². The molecule has 0 spiro atoms. The van der Waals surface area contributed by atoms with Gasteiger partial charge in [0.1, 0.15) is 5.82 Å². The van der Waals surface area contributed by atoms with E-state index in [0.29, 0.717) is 12.1 Å². The average Bonchev–Trinajstić information content (AvgIpc) is 3.02. The van der Waals surface area contributed by atoms with Crippen molar-refractivity contribution in [2.45, 2.75) is 19.9 Å². The number of hydrogen-bond acceptors (Lipinski definition) is 4. The van der Waals surface area contributed by atoms with Crippen LogP contribution in [0.3, 0.4) is 0 Å². The number of aryl methyl sites for hydroxylation is 1. The molecule has 5 heteroatoms. The second-order valence-corrected chi connectivity index (χ2v) is 4.93. The highest BCUT2D eigenvalue weighted by Gasteiger charge is 2.11. The first-order valence-electron chi connectivity index (χ1n) is 7.16. The van der Waals surface area contributed by atoms with Crippen molar-refractivity contribution < 1.29 is 8.91 Å². The number of halogens is 1. The van der Waals surface area contributed by atoms with Crippen LogP contribution in [0.5, 0.6) is 0 Å². The minimum absolute atomic E-state index is 0.238. The molecule has 1 aromatic heterocycles. The molecule has 0 saturated carbocycles. The Labute approximate surface area is 128 Å². The summed E-state index contributed by atoms with van der Waals surface area (Å²) >= 11 is 0. The molecule has 0 unspecified atom stereocenters. The quantitative estimate of drug-likeness (QED) is 0.772. The number of benzene rings is 2. The molecule has 0 aliphatic carbocycles. The lowest BCUT2D eigenvalue weighted by Gasteiger charge is -2.02. The van der Waals surface area contributed by atoms with E-state index >= 15 is 0 Å². The Morgan fingerprint density at radius 1 is 1.05 bits per heavy atom. The average molecular weight is 297 g/mol. The zero-order chi connectivity index (χ0) is 15.4. The monoisotopic (exact) mass is 297 g/mol. The molecular formula is C17H16FN3O. The van der Waals surface area contributed by atoms with Crippen molar-refractivity contribution in [1.29, 1.82) is 0 Å². The zero-order valence-electron chi connectivity index (χ0n) is 12.2. The molecule has 0 amide bonds. The summed E-state index contributed by atoms with van der Waals surface area (Å²) in [5, 5.41) is 6.84. The smallest absolute Gasteiger partial charge is 0.322 e. The van der Waals surface area contributed by atoms with Crippen LogP contribution in [-0.4, -0.2) is 10.1 Å². The summed E-state index contributed by atoms with van der Waals surface area (Å²) in [6, 6.07) is 14.9. The molecule has 0 aliphatic heterocycles. The van der Waals surface area contributed by atoms with E-state index in [-0.39, 0.29) is 17.7 Å². The van der Waals surface area contributed by atoms with Gasteiger partial charge in [0, 0.05) is 6.54 Å². The number of anilines is 1. The molecule has 0 radical (unpaired) electrons. The van der Waals surface area contributed by atoms with Crippen LogP contribution < -0.4 is 5.32 Å². The Morgan fingerprint density at radius 2 is 1.77 bits per heavy atom. The van der Waals surface area contributed by atoms with Crippen LogP contribution in [0.2, 0.25) is 0 Å². The fraction of sp³-hybridized carbons (Fsp3) is 0.176. The van der Waals surface area contributed by atoms with E-state index in [1.54, 1.807) is 18.2 Å². The van der Waals surface area contributed by atoms with Gasteiger partial charge in [0.25, 0.3) is 0 Å². The second kappa shape index (κ2) is 6.39. The van der Waals surface area contributed by atoms with Crippen LogP contribution in [0.15, 0.2) is 53.1 Å². The molecular weight excluding hydrogens is 281 g/mol. The highest BCUT2D eigenvalue weighted by Crippen LogP contribution is 2.20. The highest BCUT2D eigenvalue weighted by molar-refractivity contribution is 5.56. The molecule has 0 saturated heterocycles. The third-order valence-corrected chi connectivity index (χ3v) is 3.42. The predicted octanol–water partition coefficient (Wildman–Crippen LogP) is 4.05. The Hall–Kier alpha value is -2.69. The molecule has 3 rings (SSSR count). The van der Waals surface area contributed by atoms with Gasteiger partial charge in [-0.2, -0.15) is 4.98 Å². The van der Waals surface area contributed by atoms with Crippen LogP contribution in [0, 0.1) is 5.82 Å². The van der Waals surface area contributed by atoms with Gasteiger partial charge in [0.15, 0.2) is 0 Å². The maximum absolute atomic E-state index is 13.7. The number of nitrogens with one attached hydrogen (secondary N) is 1. The fourth-order valence-corrected chi connectivity index (χ4v) is 2.12. The molecule has 0 atom stereocenters. The largest absolute Gasteiger partial charge is 0.334 e. The number of rotatable bonds is 5. The van der Waals surface area contributed by atoms with Crippen molar-refractivity contribution in [2.75, 3.05) is 5.32 Å². The molecule has 112 valence electrons. The van der Waals surface area contributed by atoms with Gasteiger partial charge in [-0.3, -0.25) is 0 Å². The van der Waals surface area contributed by atoms with Crippen molar-refractivity contribution in [2.24, 2.45) is 0 Å². The van der Waals surface area contributed by atoms with E-state index in [4.69, 9.17) is 4.52 Å². The normalized spacial score (nSPS) is 10.6. The molecule has 0 fully saturated rings. The summed E-state index contributed by atoms with van der Waals surface area (Å²) in [5.74, 6) is -0.132. The molecule has 3 aromatic rings. The first-order chi connectivity index (χ1) is 10.8. The zero-order valence-corrected chi connectivity index (χ0v) is 12.2. The number of aromatic nitrogens is 2. The molecule has 4 nitrogen and oxygen atoms in total. The highest BCUT2D eigenvalue weighted by atomic mass is 19.1. The third kappa shape index (κ3) is 3.14. The van der Waals surface area contributed by atoms with E-state index in [1.165, 1.54) is 11.6 Å². The predicted molar refractivity (Wildman–Crippen MR) is 82.8 cm³/mol. The Balaban J connectivity index is 1.68. The lowest BCUT2D eigenvalue weighted by molar-refractivity contribution is 0.431. The summed E-state index contributed by atoms with van der Waals surface area (Å²) in [7, 11) is 0. The molecule has 0 aliphatic rings. The lowest BCUT2D eigenvalue weighted by Crippen LogP contribution is -1.99. The summed E-state index contributed by atoms with van der Waals surface area (Å²) in [4.78, 5) is 4.16. The van der Waals surface area contributed by atoms with Gasteiger partial charge in [0.2, 0.25) is 5.82 Å².